The fourth-order valence-electron chi connectivity index (χ4n) is 3.44. The summed E-state index contributed by atoms with van der Waals surface area (Å²) in [5.74, 6) is 0. The van der Waals surface area contributed by atoms with Gasteiger partial charge in [-0.2, -0.15) is 0 Å². The van der Waals surface area contributed by atoms with Crippen LogP contribution in [0, 0.1) is 6.92 Å². The molecule has 1 aliphatic carbocycles. The Morgan fingerprint density at radius 2 is 2.00 bits per heavy atom. The standard InChI is InChI=1S/C22H24ClN/c1-15-9-10-20(17(12-15)6-5-11-24-3)18-13-16(2)19-7-4-8-22(23)21(19)14-18/h4,7-10,12-13,24H,2,5-6,11,14H2,1,3H3. The fraction of sp³-hybridized carbons (Fsp3) is 0.273. The number of aryl methyl sites for hydroxylation is 2. The highest BCUT2D eigenvalue weighted by atomic mass is 35.5. The van der Waals surface area contributed by atoms with Crippen molar-refractivity contribution in [2.45, 2.75) is 26.2 Å². The Balaban J connectivity index is 1.98. The van der Waals surface area contributed by atoms with E-state index in [0.29, 0.717) is 0 Å². The third-order valence-electron chi connectivity index (χ3n) is 4.66. The van der Waals surface area contributed by atoms with E-state index in [2.05, 4.69) is 49.2 Å². The first kappa shape index (κ1) is 17.0. The number of hydrogen-bond donors (Lipinski definition) is 1. The summed E-state index contributed by atoms with van der Waals surface area (Å²) in [6, 6.07) is 12.9. The lowest BCUT2D eigenvalue weighted by Gasteiger charge is -2.22. The minimum Gasteiger partial charge on any atom is -0.320 e. The smallest absolute Gasteiger partial charge is 0.0447 e. The molecule has 2 heteroatoms. The van der Waals surface area contributed by atoms with Crippen LogP contribution < -0.4 is 5.32 Å². The molecule has 3 rings (SSSR count). The van der Waals surface area contributed by atoms with Crippen molar-refractivity contribution in [1.29, 1.82) is 0 Å². The van der Waals surface area contributed by atoms with Crippen molar-refractivity contribution in [3.05, 3.63) is 81.9 Å². The van der Waals surface area contributed by atoms with E-state index < -0.39 is 0 Å². The van der Waals surface area contributed by atoms with E-state index in [1.54, 1.807) is 0 Å². The molecule has 24 heavy (non-hydrogen) atoms. The molecule has 0 aliphatic heterocycles. The average molecular weight is 338 g/mol. The second-order valence-corrected chi connectivity index (χ2v) is 6.91. The number of hydrogen-bond acceptors (Lipinski definition) is 1. The number of nitrogens with one attached hydrogen (secondary N) is 1. The molecule has 0 radical (unpaired) electrons. The monoisotopic (exact) mass is 337 g/mol. The molecule has 0 unspecified atom stereocenters. The fourth-order valence-corrected chi connectivity index (χ4v) is 3.68. The molecule has 1 N–H and O–H groups in total. The van der Waals surface area contributed by atoms with Crippen LogP contribution in [0.1, 0.15) is 34.2 Å². The molecule has 1 nitrogen and oxygen atoms in total. The predicted octanol–water partition coefficient (Wildman–Crippen LogP) is 5.45. The summed E-state index contributed by atoms with van der Waals surface area (Å²) in [5, 5.41) is 4.07. The van der Waals surface area contributed by atoms with Crippen LogP contribution in [0.4, 0.5) is 0 Å². The number of rotatable bonds is 5. The van der Waals surface area contributed by atoms with Crippen molar-refractivity contribution in [3.63, 3.8) is 0 Å². The van der Waals surface area contributed by atoms with E-state index in [-0.39, 0.29) is 0 Å². The Kier molecular flexibility index (Phi) is 5.23. The molecule has 2 aromatic rings. The van der Waals surface area contributed by atoms with Gasteiger partial charge in [-0.05, 0) is 72.8 Å². The van der Waals surface area contributed by atoms with Gasteiger partial charge < -0.3 is 5.32 Å². The second kappa shape index (κ2) is 7.38. The normalized spacial score (nSPS) is 13.6. The van der Waals surface area contributed by atoms with Gasteiger partial charge in [0, 0.05) is 11.4 Å². The van der Waals surface area contributed by atoms with E-state index >= 15 is 0 Å². The van der Waals surface area contributed by atoms with Crippen molar-refractivity contribution in [2.24, 2.45) is 0 Å². The second-order valence-electron chi connectivity index (χ2n) is 6.51. The quantitative estimate of drug-likeness (QED) is 0.715. The van der Waals surface area contributed by atoms with E-state index in [1.165, 1.54) is 33.4 Å². The molecule has 0 spiro atoms. The van der Waals surface area contributed by atoms with Gasteiger partial charge in [0.1, 0.15) is 0 Å². The van der Waals surface area contributed by atoms with Gasteiger partial charge in [0.25, 0.3) is 0 Å². The predicted molar refractivity (Wildman–Crippen MR) is 106 cm³/mol. The van der Waals surface area contributed by atoms with Gasteiger partial charge in [-0.1, -0.05) is 60.2 Å². The SMILES string of the molecule is C=C1C=C(c2ccc(C)cc2CCCNC)Cc2c(Cl)cccc21. The van der Waals surface area contributed by atoms with E-state index in [0.717, 1.165) is 36.4 Å². The largest absolute Gasteiger partial charge is 0.320 e. The molecule has 2 aromatic carbocycles. The molecular weight excluding hydrogens is 314 g/mol. The van der Waals surface area contributed by atoms with Crippen LogP contribution in [-0.2, 0) is 12.8 Å². The van der Waals surface area contributed by atoms with Crippen LogP contribution in [-0.4, -0.2) is 13.6 Å². The van der Waals surface area contributed by atoms with Crippen LogP contribution in [0.3, 0.4) is 0 Å². The lowest BCUT2D eigenvalue weighted by molar-refractivity contribution is 0.723. The zero-order valence-corrected chi connectivity index (χ0v) is 15.2. The summed E-state index contributed by atoms with van der Waals surface area (Å²) >= 11 is 6.45. The van der Waals surface area contributed by atoms with Gasteiger partial charge in [0.15, 0.2) is 0 Å². The van der Waals surface area contributed by atoms with Crippen molar-refractivity contribution in [3.8, 4) is 0 Å². The maximum absolute atomic E-state index is 6.45. The molecule has 0 saturated heterocycles. The van der Waals surface area contributed by atoms with Gasteiger partial charge in [0.05, 0.1) is 0 Å². The summed E-state index contributed by atoms with van der Waals surface area (Å²) in [6.45, 7) is 7.44. The number of allylic oxidation sites excluding steroid dienone is 3. The van der Waals surface area contributed by atoms with Gasteiger partial charge in [-0.15, -0.1) is 0 Å². The molecule has 0 bridgehead atoms. The van der Waals surface area contributed by atoms with Gasteiger partial charge >= 0.3 is 0 Å². The number of fused-ring (bicyclic) bond motifs is 1. The molecule has 0 aromatic heterocycles. The summed E-state index contributed by atoms with van der Waals surface area (Å²) in [6.07, 6.45) is 5.32. The highest BCUT2D eigenvalue weighted by Crippen LogP contribution is 2.37. The van der Waals surface area contributed by atoms with Gasteiger partial charge in [-0.3, -0.25) is 0 Å². The summed E-state index contributed by atoms with van der Waals surface area (Å²) in [5.41, 5.74) is 8.81. The van der Waals surface area contributed by atoms with Crippen molar-refractivity contribution >= 4 is 22.7 Å². The average Bonchev–Trinajstić information content (AvgIpc) is 2.56. The molecule has 0 saturated carbocycles. The zero-order chi connectivity index (χ0) is 17.1. The van der Waals surface area contributed by atoms with Crippen molar-refractivity contribution in [2.75, 3.05) is 13.6 Å². The van der Waals surface area contributed by atoms with Gasteiger partial charge in [0.2, 0.25) is 0 Å². The third-order valence-corrected chi connectivity index (χ3v) is 5.01. The molecule has 0 heterocycles. The summed E-state index contributed by atoms with van der Waals surface area (Å²) in [4.78, 5) is 0. The molecule has 0 fully saturated rings. The van der Waals surface area contributed by atoms with E-state index in [1.807, 2.05) is 19.2 Å². The highest BCUT2D eigenvalue weighted by molar-refractivity contribution is 6.31. The highest BCUT2D eigenvalue weighted by Gasteiger charge is 2.19. The van der Waals surface area contributed by atoms with Crippen LogP contribution in [0.5, 0.6) is 0 Å². The topological polar surface area (TPSA) is 12.0 Å². The lowest BCUT2D eigenvalue weighted by atomic mass is 9.83. The first-order chi connectivity index (χ1) is 11.6. The maximum atomic E-state index is 6.45. The zero-order valence-electron chi connectivity index (χ0n) is 14.5. The van der Waals surface area contributed by atoms with Gasteiger partial charge in [-0.25, -0.2) is 0 Å². The maximum Gasteiger partial charge on any atom is 0.0447 e. The number of halogens is 1. The number of benzene rings is 2. The Morgan fingerprint density at radius 1 is 1.17 bits per heavy atom. The van der Waals surface area contributed by atoms with E-state index in [4.69, 9.17) is 11.6 Å². The minimum atomic E-state index is 0.836. The minimum absolute atomic E-state index is 0.836. The van der Waals surface area contributed by atoms with Crippen LogP contribution in [0.15, 0.2) is 49.1 Å². The Hall–Kier alpha value is -1.83. The Labute approximate surface area is 150 Å². The summed E-state index contributed by atoms with van der Waals surface area (Å²) < 4.78 is 0. The van der Waals surface area contributed by atoms with Crippen LogP contribution in [0.2, 0.25) is 5.02 Å². The van der Waals surface area contributed by atoms with E-state index in [9.17, 15) is 0 Å². The van der Waals surface area contributed by atoms with Crippen molar-refractivity contribution in [1.82, 2.24) is 5.32 Å². The van der Waals surface area contributed by atoms with Crippen LogP contribution in [0.25, 0.3) is 11.1 Å². The molecule has 0 amide bonds. The van der Waals surface area contributed by atoms with Crippen molar-refractivity contribution < 1.29 is 0 Å². The molecule has 0 atom stereocenters. The molecular formula is C22H24ClN. The molecule has 124 valence electrons. The molecule has 1 aliphatic rings. The third kappa shape index (κ3) is 3.48. The Bertz CT molecular complexity index is 802. The first-order valence-electron chi connectivity index (χ1n) is 8.52. The Morgan fingerprint density at radius 3 is 2.79 bits per heavy atom. The lowest BCUT2D eigenvalue weighted by Crippen LogP contribution is -2.10. The first-order valence-corrected chi connectivity index (χ1v) is 8.89. The summed E-state index contributed by atoms with van der Waals surface area (Å²) in [7, 11) is 2.00. The van der Waals surface area contributed by atoms with Crippen LogP contribution >= 0.6 is 11.6 Å².